The van der Waals surface area contributed by atoms with Gasteiger partial charge in [-0.1, -0.05) is 43.2 Å². The van der Waals surface area contributed by atoms with Crippen LogP contribution in [0.1, 0.15) is 48.6 Å². The number of aliphatic hydroxyl groups is 1. The predicted octanol–water partition coefficient (Wildman–Crippen LogP) is 3.94. The number of aromatic nitrogens is 2. The van der Waals surface area contributed by atoms with Crippen molar-refractivity contribution in [3.05, 3.63) is 60.6 Å². The quantitative estimate of drug-likeness (QED) is 0.352. The molecule has 2 heterocycles. The summed E-state index contributed by atoms with van der Waals surface area (Å²) in [5.74, 6) is 1.80. The molecular formula is C32H42N4O6. The lowest BCUT2D eigenvalue weighted by Gasteiger charge is -2.41. The predicted molar refractivity (Wildman–Crippen MR) is 159 cm³/mol. The molecule has 1 aliphatic heterocycles. The normalized spacial score (nSPS) is 22.5. The van der Waals surface area contributed by atoms with Crippen LogP contribution in [0.2, 0.25) is 0 Å². The third-order valence-corrected chi connectivity index (χ3v) is 8.42. The van der Waals surface area contributed by atoms with Gasteiger partial charge in [-0.3, -0.25) is 4.79 Å². The Bertz CT molecular complexity index is 1330. The molecule has 3 atom stereocenters. The number of benzene rings is 2. The van der Waals surface area contributed by atoms with Gasteiger partial charge in [0.05, 0.1) is 45.5 Å². The lowest BCUT2D eigenvalue weighted by atomic mass is 9.80. The molecule has 0 radical (unpaired) electrons. The van der Waals surface area contributed by atoms with E-state index in [-0.39, 0.29) is 24.6 Å². The summed E-state index contributed by atoms with van der Waals surface area (Å²) < 4.78 is 24.2. The second-order valence-corrected chi connectivity index (χ2v) is 11.0. The number of carbonyl (C=O) groups is 1. The molecule has 0 unspecified atom stereocenters. The zero-order chi connectivity index (χ0) is 29.5. The van der Waals surface area contributed by atoms with E-state index in [0.717, 1.165) is 30.5 Å². The molecule has 226 valence electrons. The Morgan fingerprint density at radius 2 is 1.90 bits per heavy atom. The second kappa shape index (κ2) is 13.6. The Kier molecular flexibility index (Phi) is 9.66. The average Bonchev–Trinajstić information content (AvgIpc) is 3.46. The fourth-order valence-corrected chi connectivity index (χ4v) is 6.30. The number of carbonyl (C=O) groups excluding carboxylic acids is 1. The van der Waals surface area contributed by atoms with Crippen LogP contribution in [0.5, 0.6) is 17.2 Å². The van der Waals surface area contributed by atoms with Crippen LogP contribution < -0.4 is 19.5 Å². The molecular weight excluding hydrogens is 536 g/mol. The first-order valence-corrected chi connectivity index (χ1v) is 14.7. The van der Waals surface area contributed by atoms with Crippen LogP contribution in [0, 0.1) is 0 Å². The molecule has 3 aromatic rings. The number of imidazole rings is 1. The van der Waals surface area contributed by atoms with Gasteiger partial charge < -0.3 is 38.8 Å². The van der Waals surface area contributed by atoms with Gasteiger partial charge in [0, 0.05) is 50.8 Å². The topological polar surface area (TPSA) is 107 Å². The van der Waals surface area contributed by atoms with Crippen LogP contribution in [0.15, 0.2) is 54.9 Å². The summed E-state index contributed by atoms with van der Waals surface area (Å²) in [6.07, 6.45) is 5.72. The maximum Gasteiger partial charge on any atom is 0.275 e. The van der Waals surface area contributed by atoms with E-state index in [0.29, 0.717) is 62.0 Å². The van der Waals surface area contributed by atoms with Crippen LogP contribution in [-0.2, 0) is 4.74 Å². The van der Waals surface area contributed by atoms with Gasteiger partial charge in [0.25, 0.3) is 5.91 Å². The number of rotatable bonds is 11. The van der Waals surface area contributed by atoms with Gasteiger partial charge in [0.1, 0.15) is 11.4 Å². The van der Waals surface area contributed by atoms with Crippen LogP contribution in [0.25, 0.3) is 11.3 Å². The van der Waals surface area contributed by atoms with Crippen molar-refractivity contribution in [2.45, 2.75) is 49.8 Å². The Hall–Kier alpha value is -3.60. The lowest BCUT2D eigenvalue weighted by Crippen LogP contribution is -2.54. The van der Waals surface area contributed by atoms with E-state index >= 15 is 0 Å². The molecule has 0 spiro atoms. The van der Waals surface area contributed by atoms with Crippen LogP contribution in [-0.4, -0.2) is 91.3 Å². The highest BCUT2D eigenvalue weighted by Gasteiger charge is 2.42. The van der Waals surface area contributed by atoms with Gasteiger partial charge in [-0.2, -0.15) is 0 Å². The first-order valence-electron chi connectivity index (χ1n) is 14.7. The number of piperazine rings is 1. The molecule has 2 aromatic carbocycles. The number of hydrogen-bond donors (Lipinski definition) is 2. The van der Waals surface area contributed by atoms with E-state index in [1.807, 2.05) is 51.9 Å². The van der Waals surface area contributed by atoms with Crippen molar-refractivity contribution in [2.24, 2.45) is 0 Å². The zero-order valence-electron chi connectivity index (χ0n) is 24.8. The average molecular weight is 579 g/mol. The van der Waals surface area contributed by atoms with Crippen molar-refractivity contribution in [3.8, 4) is 28.5 Å². The Labute approximate surface area is 247 Å². The minimum atomic E-state index is -1.03. The summed E-state index contributed by atoms with van der Waals surface area (Å²) in [5.41, 5.74) is 1.00. The molecule has 1 saturated heterocycles. The van der Waals surface area contributed by atoms with Crippen molar-refractivity contribution in [1.29, 1.82) is 0 Å². The molecule has 10 nitrogen and oxygen atoms in total. The standard InChI is InChI=1S/C32H42N4O6/c1-39-21-32(38)15-8-7-11-28(32)36-22-34-29(30(36)23-9-5-4-6-10-23)31(37)35-17-16-33-20-24(35)14-18-42-25-12-13-26(40-2)27(19-25)41-3/h4-6,9-10,12-13,19,22,24,28,33,38H,7-8,11,14-18,20-21H2,1-3H3/t24-,28-,32-/m1/s1. The molecule has 1 aromatic heterocycles. The second-order valence-electron chi connectivity index (χ2n) is 11.0. The number of hydrogen-bond acceptors (Lipinski definition) is 8. The van der Waals surface area contributed by atoms with Gasteiger partial charge in [-0.25, -0.2) is 4.98 Å². The van der Waals surface area contributed by atoms with Crippen molar-refractivity contribution in [2.75, 3.05) is 54.2 Å². The SMILES string of the molecule is COC[C@]1(O)CCCC[C@H]1n1cnc(C(=O)N2CCNC[C@H]2CCOc2ccc(OC)c(OC)c2)c1-c1ccccc1. The molecule has 5 rings (SSSR count). The molecule has 0 bridgehead atoms. The maximum atomic E-state index is 14.2. The van der Waals surface area contributed by atoms with Crippen molar-refractivity contribution in [1.82, 2.24) is 19.8 Å². The van der Waals surface area contributed by atoms with Gasteiger partial charge >= 0.3 is 0 Å². The Morgan fingerprint density at radius 3 is 2.67 bits per heavy atom. The molecule has 1 amide bonds. The van der Waals surface area contributed by atoms with Crippen LogP contribution in [0.4, 0.5) is 0 Å². The van der Waals surface area contributed by atoms with E-state index in [1.165, 1.54) is 0 Å². The first-order chi connectivity index (χ1) is 20.5. The van der Waals surface area contributed by atoms with Crippen molar-refractivity contribution in [3.63, 3.8) is 0 Å². The molecule has 10 heteroatoms. The summed E-state index contributed by atoms with van der Waals surface area (Å²) in [4.78, 5) is 20.9. The first kappa shape index (κ1) is 29.9. The summed E-state index contributed by atoms with van der Waals surface area (Å²) in [5, 5.41) is 15.1. The van der Waals surface area contributed by atoms with Crippen LogP contribution >= 0.6 is 0 Å². The highest BCUT2D eigenvalue weighted by Crippen LogP contribution is 2.41. The number of nitrogens with zero attached hydrogens (tertiary/aromatic N) is 3. The number of nitrogens with one attached hydrogen (secondary N) is 1. The summed E-state index contributed by atoms with van der Waals surface area (Å²) in [7, 11) is 4.81. The number of amides is 1. The van der Waals surface area contributed by atoms with E-state index < -0.39 is 5.60 Å². The molecule has 2 aliphatic rings. The van der Waals surface area contributed by atoms with Gasteiger partial charge in [-0.05, 0) is 25.0 Å². The highest BCUT2D eigenvalue weighted by atomic mass is 16.5. The van der Waals surface area contributed by atoms with E-state index in [4.69, 9.17) is 23.9 Å². The molecule has 1 aliphatic carbocycles. The van der Waals surface area contributed by atoms with Crippen molar-refractivity contribution < 1.29 is 28.8 Å². The highest BCUT2D eigenvalue weighted by molar-refractivity contribution is 5.98. The van der Waals surface area contributed by atoms with Crippen LogP contribution in [0.3, 0.4) is 0 Å². The monoisotopic (exact) mass is 578 g/mol. The van der Waals surface area contributed by atoms with E-state index in [1.54, 1.807) is 33.7 Å². The molecule has 2 fully saturated rings. The van der Waals surface area contributed by atoms with Gasteiger partial charge in [-0.15, -0.1) is 0 Å². The summed E-state index contributed by atoms with van der Waals surface area (Å²) in [6, 6.07) is 15.0. The maximum absolute atomic E-state index is 14.2. The minimum Gasteiger partial charge on any atom is -0.493 e. The van der Waals surface area contributed by atoms with Gasteiger partial charge in [0.2, 0.25) is 0 Å². The fourth-order valence-electron chi connectivity index (χ4n) is 6.30. The third-order valence-electron chi connectivity index (χ3n) is 8.42. The lowest BCUT2D eigenvalue weighted by molar-refractivity contribution is -0.0893. The number of ether oxygens (including phenoxy) is 4. The fraction of sp³-hybridized carbons (Fsp3) is 0.500. The summed E-state index contributed by atoms with van der Waals surface area (Å²) >= 11 is 0. The van der Waals surface area contributed by atoms with Crippen molar-refractivity contribution >= 4 is 5.91 Å². The Morgan fingerprint density at radius 1 is 1.10 bits per heavy atom. The molecule has 42 heavy (non-hydrogen) atoms. The minimum absolute atomic E-state index is 0.0692. The largest absolute Gasteiger partial charge is 0.493 e. The number of methoxy groups -OCH3 is 3. The molecule has 1 saturated carbocycles. The zero-order valence-corrected chi connectivity index (χ0v) is 24.8. The van der Waals surface area contributed by atoms with Gasteiger partial charge in [0.15, 0.2) is 17.2 Å². The molecule has 2 N–H and O–H groups in total. The smallest absolute Gasteiger partial charge is 0.275 e. The van der Waals surface area contributed by atoms with E-state index in [9.17, 15) is 9.90 Å². The Balaban J connectivity index is 1.39. The van der Waals surface area contributed by atoms with E-state index in [2.05, 4.69) is 5.32 Å². The summed E-state index contributed by atoms with van der Waals surface area (Å²) in [6.45, 7) is 2.60. The third kappa shape index (κ3) is 6.25.